The monoisotopic (exact) mass is 240 g/mol. The standard InChI is InChI=1S/C13H24N2O2/c1-3-4-5-6-7-9-15-10-8-12(16)14-11(2)13(15)17/h11H,3-10H2,1-2H3,(H,14,16). The maximum Gasteiger partial charge on any atom is 0.244 e. The van der Waals surface area contributed by atoms with E-state index in [9.17, 15) is 9.59 Å². The predicted molar refractivity (Wildman–Crippen MR) is 67.6 cm³/mol. The van der Waals surface area contributed by atoms with Crippen LogP contribution in [0.25, 0.3) is 0 Å². The Morgan fingerprint density at radius 1 is 1.24 bits per heavy atom. The Kier molecular flexibility index (Phi) is 6.01. The molecule has 1 N–H and O–H groups in total. The molecule has 0 aromatic carbocycles. The van der Waals surface area contributed by atoms with Gasteiger partial charge in [0, 0.05) is 19.5 Å². The Bertz CT molecular complexity index is 266. The fraction of sp³-hybridized carbons (Fsp3) is 0.846. The molecule has 1 aliphatic rings. The molecule has 0 saturated carbocycles. The van der Waals surface area contributed by atoms with Gasteiger partial charge in [-0.1, -0.05) is 32.6 Å². The van der Waals surface area contributed by atoms with Crippen LogP contribution in [-0.2, 0) is 9.59 Å². The molecule has 1 saturated heterocycles. The number of hydrogen-bond acceptors (Lipinski definition) is 2. The molecule has 1 unspecified atom stereocenters. The molecule has 98 valence electrons. The second kappa shape index (κ2) is 7.30. The SMILES string of the molecule is CCCCCCCN1CCC(=O)NC(C)C1=O. The minimum absolute atomic E-state index is 0.0145. The Hall–Kier alpha value is -1.06. The highest BCUT2D eigenvalue weighted by Crippen LogP contribution is 2.08. The van der Waals surface area contributed by atoms with E-state index >= 15 is 0 Å². The number of rotatable bonds is 6. The molecule has 1 aliphatic heterocycles. The first-order valence-corrected chi connectivity index (χ1v) is 6.73. The van der Waals surface area contributed by atoms with Crippen LogP contribution in [0.3, 0.4) is 0 Å². The highest BCUT2D eigenvalue weighted by Gasteiger charge is 2.25. The molecule has 0 aromatic rings. The third-order valence-corrected chi connectivity index (χ3v) is 3.20. The molecule has 0 bridgehead atoms. The number of nitrogens with one attached hydrogen (secondary N) is 1. The third-order valence-electron chi connectivity index (χ3n) is 3.20. The van der Waals surface area contributed by atoms with Gasteiger partial charge in [-0.2, -0.15) is 0 Å². The van der Waals surface area contributed by atoms with E-state index in [1.807, 2.05) is 4.90 Å². The Balaban J connectivity index is 2.30. The Labute approximate surface area is 104 Å². The van der Waals surface area contributed by atoms with E-state index in [0.29, 0.717) is 13.0 Å². The Morgan fingerprint density at radius 2 is 1.94 bits per heavy atom. The number of hydrogen-bond donors (Lipinski definition) is 1. The van der Waals surface area contributed by atoms with Crippen LogP contribution in [-0.4, -0.2) is 35.8 Å². The minimum atomic E-state index is -0.361. The van der Waals surface area contributed by atoms with Crippen molar-refractivity contribution in [1.82, 2.24) is 10.2 Å². The van der Waals surface area contributed by atoms with Crippen molar-refractivity contribution in [3.63, 3.8) is 0 Å². The zero-order chi connectivity index (χ0) is 12.7. The molecule has 1 atom stereocenters. The van der Waals surface area contributed by atoms with Crippen molar-refractivity contribution in [2.24, 2.45) is 0 Å². The normalized spacial score (nSPS) is 21.3. The van der Waals surface area contributed by atoms with Crippen molar-refractivity contribution in [2.45, 2.75) is 58.4 Å². The molecule has 1 heterocycles. The summed E-state index contributed by atoms with van der Waals surface area (Å²) >= 11 is 0. The lowest BCUT2D eigenvalue weighted by molar-refractivity contribution is -0.133. The van der Waals surface area contributed by atoms with Gasteiger partial charge in [0.25, 0.3) is 0 Å². The van der Waals surface area contributed by atoms with E-state index in [4.69, 9.17) is 0 Å². The number of unbranched alkanes of at least 4 members (excludes halogenated alkanes) is 4. The van der Waals surface area contributed by atoms with Crippen molar-refractivity contribution in [3.05, 3.63) is 0 Å². The summed E-state index contributed by atoms with van der Waals surface area (Å²) in [7, 11) is 0. The summed E-state index contributed by atoms with van der Waals surface area (Å²) < 4.78 is 0. The molecule has 4 heteroatoms. The topological polar surface area (TPSA) is 49.4 Å². The van der Waals surface area contributed by atoms with E-state index in [1.165, 1.54) is 25.7 Å². The average Bonchev–Trinajstić information content (AvgIpc) is 2.42. The van der Waals surface area contributed by atoms with E-state index < -0.39 is 0 Å². The first-order chi connectivity index (χ1) is 8.15. The van der Waals surface area contributed by atoms with Crippen molar-refractivity contribution in [3.8, 4) is 0 Å². The zero-order valence-corrected chi connectivity index (χ0v) is 11.0. The van der Waals surface area contributed by atoms with Crippen molar-refractivity contribution in [2.75, 3.05) is 13.1 Å². The van der Waals surface area contributed by atoms with Gasteiger partial charge in [0.05, 0.1) is 0 Å². The van der Waals surface area contributed by atoms with Crippen molar-refractivity contribution in [1.29, 1.82) is 0 Å². The van der Waals surface area contributed by atoms with Crippen LogP contribution < -0.4 is 5.32 Å². The minimum Gasteiger partial charge on any atom is -0.345 e. The molecular formula is C13H24N2O2. The summed E-state index contributed by atoms with van der Waals surface area (Å²) in [5, 5.41) is 2.70. The number of amides is 2. The molecular weight excluding hydrogens is 216 g/mol. The lowest BCUT2D eigenvalue weighted by Gasteiger charge is -2.22. The molecule has 0 spiro atoms. The first kappa shape index (κ1) is 14.0. The van der Waals surface area contributed by atoms with Crippen LogP contribution >= 0.6 is 0 Å². The molecule has 0 radical (unpaired) electrons. The van der Waals surface area contributed by atoms with Gasteiger partial charge in [0.2, 0.25) is 11.8 Å². The number of nitrogens with zero attached hydrogens (tertiary/aromatic N) is 1. The van der Waals surface area contributed by atoms with Crippen LogP contribution in [0.5, 0.6) is 0 Å². The van der Waals surface area contributed by atoms with Gasteiger partial charge in [-0.3, -0.25) is 9.59 Å². The van der Waals surface area contributed by atoms with Crippen LogP contribution in [0.1, 0.15) is 52.4 Å². The van der Waals surface area contributed by atoms with Crippen molar-refractivity contribution < 1.29 is 9.59 Å². The van der Waals surface area contributed by atoms with Gasteiger partial charge in [-0.25, -0.2) is 0 Å². The van der Waals surface area contributed by atoms with E-state index in [1.54, 1.807) is 6.92 Å². The second-order valence-electron chi connectivity index (χ2n) is 4.78. The first-order valence-electron chi connectivity index (χ1n) is 6.73. The lowest BCUT2D eigenvalue weighted by Crippen LogP contribution is -2.42. The van der Waals surface area contributed by atoms with Crippen molar-refractivity contribution >= 4 is 11.8 Å². The summed E-state index contributed by atoms with van der Waals surface area (Å²) in [6, 6.07) is -0.361. The third kappa shape index (κ3) is 4.75. The Morgan fingerprint density at radius 3 is 2.65 bits per heavy atom. The molecule has 17 heavy (non-hydrogen) atoms. The summed E-state index contributed by atoms with van der Waals surface area (Å²) in [4.78, 5) is 25.1. The fourth-order valence-corrected chi connectivity index (χ4v) is 2.12. The van der Waals surface area contributed by atoms with Gasteiger partial charge in [0.15, 0.2) is 0 Å². The average molecular weight is 240 g/mol. The highest BCUT2D eigenvalue weighted by atomic mass is 16.2. The largest absolute Gasteiger partial charge is 0.345 e. The lowest BCUT2D eigenvalue weighted by atomic mass is 10.1. The highest BCUT2D eigenvalue weighted by molar-refractivity contribution is 5.89. The second-order valence-corrected chi connectivity index (χ2v) is 4.78. The van der Waals surface area contributed by atoms with Crippen LogP contribution in [0.15, 0.2) is 0 Å². The van der Waals surface area contributed by atoms with Gasteiger partial charge < -0.3 is 10.2 Å². The molecule has 0 aliphatic carbocycles. The van der Waals surface area contributed by atoms with Gasteiger partial charge in [-0.05, 0) is 13.3 Å². The number of carbonyl (C=O) groups excluding carboxylic acids is 2. The van der Waals surface area contributed by atoms with Gasteiger partial charge in [-0.15, -0.1) is 0 Å². The molecule has 2 amide bonds. The maximum absolute atomic E-state index is 11.9. The smallest absolute Gasteiger partial charge is 0.244 e. The molecule has 4 nitrogen and oxygen atoms in total. The zero-order valence-electron chi connectivity index (χ0n) is 11.0. The molecule has 1 fully saturated rings. The predicted octanol–water partition coefficient (Wildman–Crippen LogP) is 1.69. The molecule has 0 aromatic heterocycles. The van der Waals surface area contributed by atoms with Gasteiger partial charge >= 0.3 is 0 Å². The summed E-state index contributed by atoms with van der Waals surface area (Å²) in [6.07, 6.45) is 6.40. The van der Waals surface area contributed by atoms with Gasteiger partial charge in [0.1, 0.15) is 6.04 Å². The number of carbonyl (C=O) groups is 2. The molecule has 1 rings (SSSR count). The van der Waals surface area contributed by atoms with Crippen LogP contribution in [0.4, 0.5) is 0 Å². The van der Waals surface area contributed by atoms with E-state index in [2.05, 4.69) is 12.2 Å². The van der Waals surface area contributed by atoms with Crippen LogP contribution in [0, 0.1) is 0 Å². The summed E-state index contributed by atoms with van der Waals surface area (Å²) in [5.74, 6) is 0.0469. The summed E-state index contributed by atoms with van der Waals surface area (Å²) in [5.41, 5.74) is 0. The fourth-order valence-electron chi connectivity index (χ4n) is 2.12. The summed E-state index contributed by atoms with van der Waals surface area (Å²) in [6.45, 7) is 5.32. The van der Waals surface area contributed by atoms with E-state index in [0.717, 1.165) is 13.0 Å². The van der Waals surface area contributed by atoms with Crippen LogP contribution in [0.2, 0.25) is 0 Å². The maximum atomic E-state index is 11.9. The quantitative estimate of drug-likeness (QED) is 0.718. The van der Waals surface area contributed by atoms with E-state index in [-0.39, 0.29) is 17.9 Å².